The number of hydrogen-bond donors (Lipinski definition) is 2. The molecule has 2 N–H and O–H groups in total. The van der Waals surface area contributed by atoms with Crippen molar-refractivity contribution in [2.45, 2.75) is 25.1 Å². The summed E-state index contributed by atoms with van der Waals surface area (Å²) < 4.78 is 54.3. The number of halogens is 4. The highest BCUT2D eigenvalue weighted by molar-refractivity contribution is 7.70. The minimum Gasteiger partial charge on any atom is -0.370 e. The number of aromatic nitrogens is 2. The molecule has 0 unspecified atom stereocenters. The summed E-state index contributed by atoms with van der Waals surface area (Å²) in [5.41, 5.74) is 0.742. The molecule has 0 radical (unpaired) electrons. The van der Waals surface area contributed by atoms with Crippen molar-refractivity contribution in [3.8, 4) is 0 Å². The second-order valence-corrected chi connectivity index (χ2v) is 14.9. The molecule has 5 rings (SSSR count). The van der Waals surface area contributed by atoms with E-state index in [4.69, 9.17) is 11.6 Å². The summed E-state index contributed by atoms with van der Waals surface area (Å²) >= 11 is 6.69. The molecule has 0 aliphatic carbocycles. The molecule has 3 heterocycles. The topological polar surface area (TPSA) is 76.6 Å². The molecule has 3 aromatic rings. The fourth-order valence-corrected chi connectivity index (χ4v) is 7.01. The van der Waals surface area contributed by atoms with Gasteiger partial charge in [-0.25, -0.2) is 4.98 Å². The summed E-state index contributed by atoms with van der Waals surface area (Å²) in [6, 6.07) is 12.6. The number of rotatable bonds is 7. The average molecular weight is 622 g/mol. The van der Waals surface area contributed by atoms with Crippen molar-refractivity contribution in [1.29, 1.82) is 0 Å². The number of para-hydroxylation sites is 1. The van der Waals surface area contributed by atoms with Gasteiger partial charge < -0.3 is 25.0 Å². The van der Waals surface area contributed by atoms with Gasteiger partial charge in [-0.15, -0.1) is 0 Å². The Morgan fingerprint density at radius 2 is 1.67 bits per heavy atom. The zero-order chi connectivity index (χ0) is 30.1. The molecule has 8 nitrogen and oxygen atoms in total. The molecular formula is C29H36ClF3N7OP. The standard InChI is InChI=1S/C29H36ClF3N7OP/c1-38-14-16-39(17-15-38)21-10-12-40(13-11-21)25-9-8-20(18-23(25)30)35-28-34-19-22(29(31,32)33)27(37-28)36-24-6-4-5-7-26(24)42(2,3)41/h4-9,18-19,21H,10-17H2,1-3H3,(H2,34,35,36,37). The molecule has 2 saturated heterocycles. The van der Waals surface area contributed by atoms with Crippen molar-refractivity contribution in [2.24, 2.45) is 0 Å². The van der Waals surface area contributed by atoms with E-state index >= 15 is 0 Å². The van der Waals surface area contributed by atoms with Crippen LogP contribution in [-0.4, -0.2) is 85.5 Å². The maximum atomic E-state index is 13.8. The van der Waals surface area contributed by atoms with Crippen LogP contribution in [0.1, 0.15) is 18.4 Å². The van der Waals surface area contributed by atoms with E-state index in [1.54, 1.807) is 43.7 Å². The van der Waals surface area contributed by atoms with E-state index in [1.807, 2.05) is 12.1 Å². The van der Waals surface area contributed by atoms with Crippen LogP contribution in [0.15, 0.2) is 48.7 Å². The first kappa shape index (κ1) is 30.6. The lowest BCUT2D eigenvalue weighted by Gasteiger charge is -2.42. The Kier molecular flexibility index (Phi) is 9.04. The van der Waals surface area contributed by atoms with Crippen molar-refractivity contribution < 1.29 is 17.7 Å². The van der Waals surface area contributed by atoms with Gasteiger partial charge in [-0.2, -0.15) is 18.2 Å². The lowest BCUT2D eigenvalue weighted by molar-refractivity contribution is -0.137. The quantitative estimate of drug-likeness (QED) is 0.307. The van der Waals surface area contributed by atoms with Gasteiger partial charge in [-0.3, -0.25) is 4.90 Å². The van der Waals surface area contributed by atoms with Gasteiger partial charge in [-0.1, -0.05) is 23.7 Å². The summed E-state index contributed by atoms with van der Waals surface area (Å²) in [6.07, 6.45) is -1.81. The van der Waals surface area contributed by atoms with Crippen LogP contribution in [0.5, 0.6) is 0 Å². The monoisotopic (exact) mass is 621 g/mol. The van der Waals surface area contributed by atoms with E-state index in [1.165, 1.54) is 0 Å². The number of anilines is 5. The molecule has 0 amide bonds. The van der Waals surface area contributed by atoms with Crippen molar-refractivity contribution in [3.63, 3.8) is 0 Å². The van der Waals surface area contributed by atoms with Gasteiger partial charge >= 0.3 is 6.18 Å². The molecule has 2 fully saturated rings. The van der Waals surface area contributed by atoms with Crippen LogP contribution in [0.25, 0.3) is 0 Å². The first-order valence-corrected chi connectivity index (χ1v) is 17.0. The average Bonchev–Trinajstić information content (AvgIpc) is 2.93. The number of benzene rings is 2. The maximum Gasteiger partial charge on any atom is 0.421 e. The molecule has 226 valence electrons. The minimum atomic E-state index is -4.69. The summed E-state index contributed by atoms with van der Waals surface area (Å²) in [6.45, 7) is 9.37. The van der Waals surface area contributed by atoms with Gasteiger partial charge in [0, 0.05) is 62.5 Å². The Morgan fingerprint density at radius 1 is 0.976 bits per heavy atom. The van der Waals surface area contributed by atoms with Crippen molar-refractivity contribution in [3.05, 3.63) is 59.2 Å². The summed E-state index contributed by atoms with van der Waals surface area (Å²) in [7, 11) is -0.612. The van der Waals surface area contributed by atoms with E-state index in [0.717, 1.165) is 64.0 Å². The number of piperazine rings is 1. The Morgan fingerprint density at radius 3 is 2.31 bits per heavy atom. The van der Waals surface area contributed by atoms with Gasteiger partial charge in [0.1, 0.15) is 18.5 Å². The molecule has 42 heavy (non-hydrogen) atoms. The molecule has 2 aliphatic rings. The molecule has 0 spiro atoms. The largest absolute Gasteiger partial charge is 0.421 e. The molecule has 0 bridgehead atoms. The fraction of sp³-hybridized carbons (Fsp3) is 0.448. The predicted octanol–water partition coefficient (Wildman–Crippen LogP) is 6.10. The molecule has 2 aliphatic heterocycles. The second kappa shape index (κ2) is 12.4. The summed E-state index contributed by atoms with van der Waals surface area (Å²) in [5, 5.41) is 6.70. The van der Waals surface area contributed by atoms with Crippen molar-refractivity contribution in [1.82, 2.24) is 19.8 Å². The van der Waals surface area contributed by atoms with Gasteiger partial charge in [0.2, 0.25) is 5.95 Å². The summed E-state index contributed by atoms with van der Waals surface area (Å²) in [4.78, 5) is 15.3. The molecule has 1 aromatic heterocycles. The number of nitrogens with zero attached hydrogens (tertiary/aromatic N) is 5. The number of hydrogen-bond acceptors (Lipinski definition) is 8. The van der Waals surface area contributed by atoms with E-state index in [-0.39, 0.29) is 5.95 Å². The van der Waals surface area contributed by atoms with Crippen LogP contribution in [-0.2, 0) is 10.7 Å². The van der Waals surface area contributed by atoms with E-state index in [0.29, 0.717) is 27.7 Å². The third-order valence-electron chi connectivity index (χ3n) is 7.89. The van der Waals surface area contributed by atoms with Gasteiger partial charge in [0.05, 0.1) is 16.4 Å². The highest BCUT2D eigenvalue weighted by Gasteiger charge is 2.36. The van der Waals surface area contributed by atoms with E-state index < -0.39 is 24.7 Å². The van der Waals surface area contributed by atoms with Gasteiger partial charge in [0.15, 0.2) is 0 Å². The third-order valence-corrected chi connectivity index (χ3v) is 9.75. The number of alkyl halides is 3. The van der Waals surface area contributed by atoms with Crippen LogP contribution in [0.2, 0.25) is 5.02 Å². The molecule has 2 aromatic carbocycles. The normalized spacial score (nSPS) is 17.8. The fourth-order valence-electron chi connectivity index (χ4n) is 5.55. The minimum absolute atomic E-state index is 0.0315. The number of nitrogens with one attached hydrogen (secondary N) is 2. The SMILES string of the molecule is CN1CCN(C2CCN(c3ccc(Nc4ncc(C(F)(F)F)c(Nc5ccccc5P(C)(C)=O)n4)cc3Cl)CC2)CC1. The maximum absolute atomic E-state index is 13.8. The van der Waals surface area contributed by atoms with E-state index in [9.17, 15) is 17.7 Å². The number of likely N-dealkylation sites (N-methyl/N-ethyl adjacent to an activating group) is 1. The molecular weight excluding hydrogens is 586 g/mol. The Bertz CT molecular complexity index is 1450. The van der Waals surface area contributed by atoms with Crippen LogP contribution < -0.4 is 20.8 Å². The lowest BCUT2D eigenvalue weighted by Crippen LogP contribution is -2.52. The summed E-state index contributed by atoms with van der Waals surface area (Å²) in [5.74, 6) is -0.470. The van der Waals surface area contributed by atoms with Crippen LogP contribution >= 0.6 is 18.7 Å². The number of piperidine rings is 1. The third kappa shape index (κ3) is 7.19. The van der Waals surface area contributed by atoms with Gasteiger partial charge in [-0.05, 0) is 63.6 Å². The highest BCUT2D eigenvalue weighted by atomic mass is 35.5. The Balaban J connectivity index is 1.30. The first-order valence-electron chi connectivity index (χ1n) is 14.0. The van der Waals surface area contributed by atoms with Crippen LogP contribution in [0, 0.1) is 0 Å². The zero-order valence-corrected chi connectivity index (χ0v) is 25.6. The lowest BCUT2D eigenvalue weighted by atomic mass is 10.0. The van der Waals surface area contributed by atoms with Crippen molar-refractivity contribution in [2.75, 3.05) is 75.2 Å². The Labute approximate surface area is 249 Å². The first-order chi connectivity index (χ1) is 19.9. The molecule has 0 atom stereocenters. The predicted molar refractivity (Wildman–Crippen MR) is 165 cm³/mol. The van der Waals surface area contributed by atoms with E-state index in [2.05, 4.69) is 42.3 Å². The Hall–Kier alpha value is -2.85. The van der Waals surface area contributed by atoms with Crippen LogP contribution in [0.3, 0.4) is 0 Å². The zero-order valence-electron chi connectivity index (χ0n) is 24.0. The smallest absolute Gasteiger partial charge is 0.370 e. The van der Waals surface area contributed by atoms with Crippen molar-refractivity contribution >= 4 is 52.9 Å². The highest BCUT2D eigenvalue weighted by Crippen LogP contribution is 2.40. The van der Waals surface area contributed by atoms with Gasteiger partial charge in [0.25, 0.3) is 0 Å². The van der Waals surface area contributed by atoms with Crippen LogP contribution in [0.4, 0.5) is 42.0 Å². The molecule has 13 heteroatoms. The molecule has 0 saturated carbocycles. The second-order valence-electron chi connectivity index (χ2n) is 11.3.